The third-order valence-electron chi connectivity index (χ3n) is 1.93. The van der Waals surface area contributed by atoms with E-state index < -0.39 is 6.03 Å². The Morgan fingerprint density at radius 1 is 1.46 bits per heavy atom. The van der Waals surface area contributed by atoms with E-state index in [0.29, 0.717) is 6.54 Å². The maximum atomic E-state index is 10.7. The molecular formula is C9H8N3O. The molecule has 4 heteroatoms. The lowest BCUT2D eigenvalue weighted by molar-refractivity contribution is 0.228. The second kappa shape index (κ2) is 2.90. The second-order valence-corrected chi connectivity index (χ2v) is 2.81. The van der Waals surface area contributed by atoms with E-state index in [1.54, 1.807) is 0 Å². The van der Waals surface area contributed by atoms with Crippen LogP contribution in [0.15, 0.2) is 29.3 Å². The number of carbonyl (C=O) groups excluding carboxylic acids is 1. The summed E-state index contributed by atoms with van der Waals surface area (Å²) in [6.07, 6.45) is 1.40. The summed E-state index contributed by atoms with van der Waals surface area (Å²) in [5, 5.41) is 0. The van der Waals surface area contributed by atoms with Gasteiger partial charge in [-0.1, -0.05) is 18.2 Å². The second-order valence-electron chi connectivity index (χ2n) is 2.81. The first kappa shape index (κ1) is 7.79. The minimum Gasteiger partial charge on any atom is -0.279 e. The monoisotopic (exact) mass is 174 g/mol. The lowest BCUT2D eigenvalue weighted by Gasteiger charge is -2.19. The highest BCUT2D eigenvalue weighted by Gasteiger charge is 2.14. The van der Waals surface area contributed by atoms with Gasteiger partial charge < -0.3 is 0 Å². The Labute approximate surface area is 75.7 Å². The van der Waals surface area contributed by atoms with Gasteiger partial charge in [-0.15, -0.1) is 0 Å². The lowest BCUT2D eigenvalue weighted by Crippen LogP contribution is -2.30. The normalized spacial score (nSPS) is 14.0. The van der Waals surface area contributed by atoms with Gasteiger partial charge in [-0.05, 0) is 11.6 Å². The van der Waals surface area contributed by atoms with Crippen LogP contribution in [-0.2, 0) is 6.54 Å². The topological polar surface area (TPSA) is 56.5 Å². The van der Waals surface area contributed by atoms with Crippen LogP contribution in [0.5, 0.6) is 0 Å². The van der Waals surface area contributed by atoms with Gasteiger partial charge in [0.15, 0.2) is 0 Å². The molecule has 0 unspecified atom stereocenters. The molecule has 1 heterocycles. The first-order valence-corrected chi connectivity index (χ1v) is 3.91. The van der Waals surface area contributed by atoms with Gasteiger partial charge in [0.1, 0.15) is 0 Å². The Morgan fingerprint density at radius 3 is 3.00 bits per heavy atom. The predicted molar refractivity (Wildman–Crippen MR) is 48.6 cm³/mol. The van der Waals surface area contributed by atoms with E-state index in [2.05, 4.69) is 4.99 Å². The van der Waals surface area contributed by atoms with Gasteiger partial charge >= 0.3 is 6.03 Å². The summed E-state index contributed by atoms with van der Waals surface area (Å²) in [5.74, 6) is 0. The molecule has 13 heavy (non-hydrogen) atoms. The SMILES string of the molecule is [NH]C(=O)N1C=Nc2ccccc2C1. The molecule has 0 fully saturated rings. The predicted octanol–water partition coefficient (Wildman–Crippen LogP) is 1.56. The first-order valence-electron chi connectivity index (χ1n) is 3.91. The van der Waals surface area contributed by atoms with E-state index in [4.69, 9.17) is 5.73 Å². The van der Waals surface area contributed by atoms with Crippen LogP contribution in [0.2, 0.25) is 0 Å². The van der Waals surface area contributed by atoms with Gasteiger partial charge in [-0.3, -0.25) is 4.90 Å². The van der Waals surface area contributed by atoms with E-state index in [0.717, 1.165) is 11.3 Å². The molecule has 1 aromatic carbocycles. The van der Waals surface area contributed by atoms with Crippen molar-refractivity contribution in [3.8, 4) is 0 Å². The Bertz CT molecular complexity index is 373. The van der Waals surface area contributed by atoms with Crippen molar-refractivity contribution in [3.05, 3.63) is 29.8 Å². The number of hydrogen-bond donors (Lipinski definition) is 0. The van der Waals surface area contributed by atoms with Crippen molar-refractivity contribution < 1.29 is 4.79 Å². The summed E-state index contributed by atoms with van der Waals surface area (Å²) in [6, 6.07) is 6.86. The van der Waals surface area contributed by atoms with Gasteiger partial charge in [0.2, 0.25) is 0 Å². The molecule has 2 rings (SSSR count). The molecule has 4 nitrogen and oxygen atoms in total. The van der Waals surface area contributed by atoms with Crippen molar-refractivity contribution in [2.75, 3.05) is 0 Å². The summed E-state index contributed by atoms with van der Waals surface area (Å²) in [6.45, 7) is 0.446. The number of hydrogen-bond acceptors (Lipinski definition) is 2. The number of amides is 2. The zero-order valence-electron chi connectivity index (χ0n) is 6.90. The van der Waals surface area contributed by atoms with E-state index in [1.807, 2.05) is 24.3 Å². The molecule has 1 aromatic rings. The third-order valence-corrected chi connectivity index (χ3v) is 1.93. The number of benzene rings is 1. The molecule has 2 amide bonds. The average molecular weight is 174 g/mol. The van der Waals surface area contributed by atoms with Gasteiger partial charge in [0.05, 0.1) is 18.6 Å². The summed E-state index contributed by atoms with van der Waals surface area (Å²) >= 11 is 0. The fourth-order valence-electron chi connectivity index (χ4n) is 1.25. The first-order chi connectivity index (χ1) is 6.27. The van der Waals surface area contributed by atoms with E-state index >= 15 is 0 Å². The number of nitrogens with one attached hydrogen (secondary N) is 1. The lowest BCUT2D eigenvalue weighted by atomic mass is 10.1. The third kappa shape index (κ3) is 1.38. The highest BCUT2D eigenvalue weighted by molar-refractivity contribution is 5.87. The van der Waals surface area contributed by atoms with E-state index in [-0.39, 0.29) is 0 Å². The fraction of sp³-hybridized carbons (Fsp3) is 0.111. The van der Waals surface area contributed by atoms with Crippen LogP contribution in [0.3, 0.4) is 0 Å². The molecule has 0 aromatic heterocycles. The number of fused-ring (bicyclic) bond motifs is 1. The molecule has 0 bridgehead atoms. The maximum Gasteiger partial charge on any atom is 0.341 e. The van der Waals surface area contributed by atoms with E-state index in [1.165, 1.54) is 11.2 Å². The zero-order chi connectivity index (χ0) is 9.26. The van der Waals surface area contributed by atoms with Gasteiger partial charge in [-0.2, -0.15) is 0 Å². The van der Waals surface area contributed by atoms with Crippen molar-refractivity contribution in [1.82, 2.24) is 10.6 Å². The van der Waals surface area contributed by atoms with Crippen LogP contribution in [0.4, 0.5) is 10.5 Å². The molecule has 1 aliphatic heterocycles. The Morgan fingerprint density at radius 2 is 2.23 bits per heavy atom. The summed E-state index contributed by atoms with van der Waals surface area (Å²) in [5.41, 5.74) is 8.76. The molecule has 0 saturated carbocycles. The zero-order valence-corrected chi connectivity index (χ0v) is 6.90. The standard InChI is InChI=1S/C9H8N3O/c10-9(13)12-5-7-3-1-2-4-8(7)11-6-12/h1-4,6,10H,5H2. The molecule has 65 valence electrons. The molecule has 1 radical (unpaired) electrons. The average Bonchev–Trinajstić information content (AvgIpc) is 2.17. The molecule has 0 spiro atoms. The van der Waals surface area contributed by atoms with Crippen LogP contribution < -0.4 is 5.73 Å². The van der Waals surface area contributed by atoms with Gasteiger partial charge in [-0.25, -0.2) is 15.5 Å². The smallest absolute Gasteiger partial charge is 0.279 e. The summed E-state index contributed by atoms with van der Waals surface area (Å²) in [4.78, 5) is 16.0. The largest absolute Gasteiger partial charge is 0.341 e. The molecule has 0 aliphatic carbocycles. The molecule has 1 aliphatic rings. The number of aliphatic imine (C=N–C) groups is 1. The van der Waals surface area contributed by atoms with Crippen molar-refractivity contribution in [1.29, 1.82) is 0 Å². The van der Waals surface area contributed by atoms with E-state index in [9.17, 15) is 4.79 Å². The van der Waals surface area contributed by atoms with Crippen LogP contribution in [0, 0.1) is 0 Å². The number of urea groups is 1. The molecular weight excluding hydrogens is 166 g/mol. The number of rotatable bonds is 0. The van der Waals surface area contributed by atoms with Crippen LogP contribution in [-0.4, -0.2) is 17.3 Å². The summed E-state index contributed by atoms with van der Waals surface area (Å²) < 4.78 is 0. The minimum absolute atomic E-state index is 0.446. The molecule has 0 saturated heterocycles. The highest BCUT2D eigenvalue weighted by atomic mass is 16.2. The number of para-hydroxylation sites is 1. The van der Waals surface area contributed by atoms with Crippen LogP contribution in [0.1, 0.15) is 5.56 Å². The van der Waals surface area contributed by atoms with Gasteiger partial charge in [0, 0.05) is 0 Å². The number of nitrogens with zero attached hydrogens (tertiary/aromatic N) is 2. The quantitative estimate of drug-likeness (QED) is 0.588. The summed E-state index contributed by atoms with van der Waals surface area (Å²) in [7, 11) is 0. The van der Waals surface area contributed by atoms with Crippen LogP contribution >= 0.6 is 0 Å². The Kier molecular flexibility index (Phi) is 1.73. The van der Waals surface area contributed by atoms with Crippen molar-refractivity contribution >= 4 is 18.1 Å². The Hall–Kier alpha value is -1.84. The maximum absolute atomic E-state index is 10.7. The van der Waals surface area contributed by atoms with Crippen LogP contribution in [0.25, 0.3) is 0 Å². The molecule has 1 N–H and O–H groups in total. The fourth-order valence-corrected chi connectivity index (χ4v) is 1.25. The van der Waals surface area contributed by atoms with Crippen molar-refractivity contribution in [2.45, 2.75) is 6.54 Å². The minimum atomic E-state index is -0.724. The highest BCUT2D eigenvalue weighted by Crippen LogP contribution is 2.22. The molecule has 0 atom stereocenters. The Balaban J connectivity index is 2.34. The van der Waals surface area contributed by atoms with Gasteiger partial charge in [0.25, 0.3) is 0 Å². The van der Waals surface area contributed by atoms with Crippen molar-refractivity contribution in [3.63, 3.8) is 0 Å². The number of carbonyl (C=O) groups is 1. The van der Waals surface area contributed by atoms with Crippen molar-refractivity contribution in [2.24, 2.45) is 4.99 Å².